The van der Waals surface area contributed by atoms with Crippen LogP contribution in [0, 0.1) is 0 Å². The Morgan fingerprint density at radius 3 is 2.76 bits per heavy atom. The van der Waals surface area contributed by atoms with Crippen molar-refractivity contribution < 1.29 is 9.90 Å². The van der Waals surface area contributed by atoms with E-state index < -0.39 is 5.97 Å². The smallest absolute Gasteiger partial charge is 0.363 e. The molecule has 94 valence electrons. The Kier molecular flexibility index (Phi) is 3.72. The fourth-order valence-electron chi connectivity index (χ4n) is 1.82. The van der Waals surface area contributed by atoms with Gasteiger partial charge in [-0.2, -0.15) is 4.68 Å². The van der Waals surface area contributed by atoms with E-state index in [-0.39, 0.29) is 11.4 Å². The first-order valence-corrected chi connectivity index (χ1v) is 6.44. The van der Waals surface area contributed by atoms with Gasteiger partial charge in [-0.1, -0.05) is 11.8 Å². The van der Waals surface area contributed by atoms with Crippen LogP contribution in [0.15, 0.2) is 9.95 Å². The predicted octanol–water partition coefficient (Wildman–Crippen LogP) is -0.130. The molecule has 0 spiro atoms. The van der Waals surface area contributed by atoms with Crippen LogP contribution in [0.4, 0.5) is 0 Å². The number of aromatic nitrogens is 3. The zero-order chi connectivity index (χ0) is 12.3. The maximum atomic E-state index is 11.6. The highest BCUT2D eigenvalue weighted by Crippen LogP contribution is 2.15. The molecule has 0 atom stereocenters. The van der Waals surface area contributed by atoms with E-state index in [1.54, 1.807) is 0 Å². The molecule has 0 bridgehead atoms. The van der Waals surface area contributed by atoms with Crippen molar-refractivity contribution in [1.82, 2.24) is 14.9 Å². The van der Waals surface area contributed by atoms with E-state index in [0.29, 0.717) is 5.16 Å². The molecule has 1 saturated heterocycles. The van der Waals surface area contributed by atoms with Crippen LogP contribution in [-0.4, -0.2) is 44.8 Å². The van der Waals surface area contributed by atoms with Gasteiger partial charge in [-0.3, -0.25) is 4.79 Å². The average Bonchev–Trinajstić information content (AvgIpc) is 2.69. The zero-order valence-electron chi connectivity index (χ0n) is 9.26. The number of carboxylic acid groups (broad SMARTS) is 1. The van der Waals surface area contributed by atoms with Crippen molar-refractivity contribution in [3.05, 3.63) is 10.5 Å². The number of aromatic amines is 1. The summed E-state index contributed by atoms with van der Waals surface area (Å²) in [6.45, 7) is 1.61. The van der Waals surface area contributed by atoms with Gasteiger partial charge in [0.05, 0.1) is 5.75 Å². The van der Waals surface area contributed by atoms with Crippen LogP contribution < -0.4 is 10.7 Å². The lowest BCUT2D eigenvalue weighted by molar-refractivity contribution is -0.133. The van der Waals surface area contributed by atoms with Crippen molar-refractivity contribution >= 4 is 17.7 Å². The summed E-state index contributed by atoms with van der Waals surface area (Å²) in [6, 6.07) is 0. The number of aliphatic carboxylic acids is 1. The molecule has 0 radical (unpaired) electrons. The van der Waals surface area contributed by atoms with Crippen LogP contribution in [-0.2, 0) is 4.79 Å². The Labute approximate surface area is 102 Å². The summed E-state index contributed by atoms with van der Waals surface area (Å²) >= 11 is 1.05. The molecule has 8 heteroatoms. The summed E-state index contributed by atoms with van der Waals surface area (Å²) in [6.07, 6.45) is 3.25. The van der Waals surface area contributed by atoms with Crippen LogP contribution >= 0.6 is 11.8 Å². The van der Waals surface area contributed by atoms with Gasteiger partial charge in [0.1, 0.15) is 0 Å². The molecule has 0 unspecified atom stereocenters. The fourth-order valence-corrected chi connectivity index (χ4v) is 2.51. The normalized spacial score (nSPS) is 16.1. The number of hydrogen-bond acceptors (Lipinski definition) is 5. The minimum atomic E-state index is -0.921. The number of carbonyl (C=O) groups is 1. The molecule has 0 saturated carbocycles. The van der Waals surface area contributed by atoms with Crippen molar-refractivity contribution in [3.63, 3.8) is 0 Å². The van der Waals surface area contributed by atoms with Crippen molar-refractivity contribution in [3.8, 4) is 0 Å². The summed E-state index contributed by atoms with van der Waals surface area (Å²) in [5, 5.41) is 17.2. The lowest BCUT2D eigenvalue weighted by Gasteiger charge is -2.28. The number of nitrogens with zero attached hydrogens (tertiary/aromatic N) is 3. The van der Waals surface area contributed by atoms with Crippen LogP contribution in [0.25, 0.3) is 0 Å². The first-order chi connectivity index (χ1) is 8.18. The Morgan fingerprint density at radius 1 is 1.41 bits per heavy atom. The molecule has 1 aliphatic rings. The summed E-state index contributed by atoms with van der Waals surface area (Å²) < 4.78 is 1.45. The van der Waals surface area contributed by atoms with Crippen molar-refractivity contribution in [2.45, 2.75) is 24.4 Å². The zero-order valence-corrected chi connectivity index (χ0v) is 10.1. The molecule has 1 aliphatic heterocycles. The first kappa shape index (κ1) is 12.0. The van der Waals surface area contributed by atoms with Gasteiger partial charge < -0.3 is 10.1 Å². The van der Waals surface area contributed by atoms with Gasteiger partial charge in [-0.05, 0) is 19.3 Å². The SMILES string of the molecule is O=C(O)CSc1n[nH]c(=O)n1N1CCCCC1. The molecule has 7 nitrogen and oxygen atoms in total. The lowest BCUT2D eigenvalue weighted by Crippen LogP contribution is -2.44. The maximum absolute atomic E-state index is 11.6. The molecule has 1 aromatic rings. The van der Waals surface area contributed by atoms with Gasteiger partial charge in [0.25, 0.3) is 0 Å². The molecule has 1 aromatic heterocycles. The van der Waals surface area contributed by atoms with Gasteiger partial charge >= 0.3 is 11.7 Å². The molecule has 2 heterocycles. The molecular formula is C9H14N4O3S. The third-order valence-corrected chi connectivity index (χ3v) is 3.47. The molecule has 0 amide bonds. The number of rotatable bonds is 4. The summed E-state index contributed by atoms with van der Waals surface area (Å²) in [5.41, 5.74) is -0.306. The summed E-state index contributed by atoms with van der Waals surface area (Å²) in [5.74, 6) is -1.02. The third-order valence-electron chi connectivity index (χ3n) is 2.56. The van der Waals surface area contributed by atoms with Crippen LogP contribution in [0.1, 0.15) is 19.3 Å². The quantitative estimate of drug-likeness (QED) is 0.731. The highest BCUT2D eigenvalue weighted by atomic mass is 32.2. The van der Waals surface area contributed by atoms with Crippen molar-refractivity contribution in [2.75, 3.05) is 23.9 Å². The van der Waals surface area contributed by atoms with Gasteiger partial charge in [0, 0.05) is 13.1 Å². The number of hydrogen-bond donors (Lipinski definition) is 2. The molecular weight excluding hydrogens is 244 g/mol. The number of H-pyrrole nitrogens is 1. The molecule has 17 heavy (non-hydrogen) atoms. The van der Waals surface area contributed by atoms with Gasteiger partial charge in [0.15, 0.2) is 0 Å². The van der Waals surface area contributed by atoms with Crippen LogP contribution in [0.3, 0.4) is 0 Å². The monoisotopic (exact) mass is 258 g/mol. The van der Waals surface area contributed by atoms with Crippen LogP contribution in [0.2, 0.25) is 0 Å². The largest absolute Gasteiger partial charge is 0.481 e. The van der Waals surface area contributed by atoms with E-state index in [1.807, 2.05) is 5.01 Å². The molecule has 1 fully saturated rings. The Bertz CT molecular complexity index is 449. The van der Waals surface area contributed by atoms with Gasteiger partial charge in [-0.25, -0.2) is 9.89 Å². The highest BCUT2D eigenvalue weighted by molar-refractivity contribution is 7.99. The third kappa shape index (κ3) is 2.82. The second-order valence-electron chi connectivity index (χ2n) is 3.82. The average molecular weight is 258 g/mol. The van der Waals surface area contributed by atoms with E-state index >= 15 is 0 Å². The summed E-state index contributed by atoms with van der Waals surface area (Å²) in [7, 11) is 0. The van der Waals surface area contributed by atoms with E-state index in [2.05, 4.69) is 10.2 Å². The molecule has 0 aromatic carbocycles. The molecule has 2 rings (SSSR count). The fraction of sp³-hybridized carbons (Fsp3) is 0.667. The van der Waals surface area contributed by atoms with E-state index in [1.165, 1.54) is 11.1 Å². The Morgan fingerprint density at radius 2 is 2.12 bits per heavy atom. The highest BCUT2D eigenvalue weighted by Gasteiger charge is 2.18. The number of piperidine rings is 1. The first-order valence-electron chi connectivity index (χ1n) is 5.46. The van der Waals surface area contributed by atoms with Gasteiger partial charge in [-0.15, -0.1) is 5.10 Å². The predicted molar refractivity (Wildman–Crippen MR) is 63.0 cm³/mol. The van der Waals surface area contributed by atoms with Gasteiger partial charge in [0.2, 0.25) is 5.16 Å². The minimum Gasteiger partial charge on any atom is -0.481 e. The van der Waals surface area contributed by atoms with E-state index in [4.69, 9.17) is 5.11 Å². The van der Waals surface area contributed by atoms with Crippen LogP contribution in [0.5, 0.6) is 0 Å². The van der Waals surface area contributed by atoms with Crippen molar-refractivity contribution in [2.24, 2.45) is 0 Å². The number of thioether (sulfide) groups is 1. The summed E-state index contributed by atoms with van der Waals surface area (Å²) in [4.78, 5) is 22.1. The number of nitrogens with one attached hydrogen (secondary N) is 1. The maximum Gasteiger partial charge on any atom is 0.363 e. The lowest BCUT2D eigenvalue weighted by atomic mass is 10.2. The topological polar surface area (TPSA) is 91.2 Å². The Hall–Kier alpha value is -1.44. The van der Waals surface area contributed by atoms with E-state index in [9.17, 15) is 9.59 Å². The second kappa shape index (κ2) is 5.26. The van der Waals surface area contributed by atoms with E-state index in [0.717, 1.165) is 37.7 Å². The second-order valence-corrected chi connectivity index (χ2v) is 4.76. The standard InChI is InChI=1S/C9H14N4O3S/c14-7(15)6-17-9-11-10-8(16)13(9)12-4-2-1-3-5-12/h1-6H2,(H,10,16)(H,14,15). The molecule has 2 N–H and O–H groups in total. The minimum absolute atomic E-state index is 0.0991. The number of carboxylic acids is 1. The molecule has 0 aliphatic carbocycles. The Balaban J connectivity index is 2.16. The van der Waals surface area contributed by atoms with Crippen molar-refractivity contribution in [1.29, 1.82) is 0 Å².